The minimum Gasteiger partial charge on any atom is -0.504 e. The molecule has 3 rings (SSSR count). The fraction of sp³-hybridized carbons (Fsp3) is 0.150. The van der Waals surface area contributed by atoms with E-state index in [1.807, 2.05) is 0 Å². The van der Waals surface area contributed by atoms with Gasteiger partial charge in [0.05, 0.1) is 29.9 Å². The zero-order chi connectivity index (χ0) is 20.4. The number of halogens is 1. The normalized spacial score (nSPS) is 11.9. The molecular weight excluding hydrogens is 448 g/mol. The topological polar surface area (TPSA) is 82.1 Å². The van der Waals surface area contributed by atoms with Crippen LogP contribution in [0.5, 0.6) is 23.0 Å². The van der Waals surface area contributed by atoms with Gasteiger partial charge in [-0.05, 0) is 30.3 Å². The summed E-state index contributed by atoms with van der Waals surface area (Å²) >= 11 is 3.35. The molecule has 3 aromatic carbocycles. The molecule has 0 saturated heterocycles. The maximum atomic E-state index is 13.3. The number of esters is 1. The summed E-state index contributed by atoms with van der Waals surface area (Å²) in [7, 11) is 1.13. The summed E-state index contributed by atoms with van der Waals surface area (Å²) in [4.78, 5) is 12.7. The molecule has 0 heterocycles. The van der Waals surface area contributed by atoms with E-state index in [1.54, 1.807) is 42.5 Å². The first kappa shape index (κ1) is 20.2. The van der Waals surface area contributed by atoms with Gasteiger partial charge in [-0.15, -0.1) is 0 Å². The summed E-state index contributed by atoms with van der Waals surface area (Å²) in [6, 6.07) is 12.0. The van der Waals surface area contributed by atoms with E-state index in [2.05, 4.69) is 15.9 Å². The van der Waals surface area contributed by atoms with Crippen molar-refractivity contribution >= 4 is 43.5 Å². The van der Waals surface area contributed by atoms with Crippen LogP contribution < -0.4 is 14.2 Å². The fourth-order valence-electron chi connectivity index (χ4n) is 2.86. The molecule has 0 radical (unpaired) electrons. The van der Waals surface area contributed by atoms with Gasteiger partial charge in [0.1, 0.15) is 0 Å². The Labute approximate surface area is 172 Å². The number of phenolic OH excluding ortho intramolecular Hbond substituents is 1. The van der Waals surface area contributed by atoms with Crippen molar-refractivity contribution in [2.45, 2.75) is 16.7 Å². The van der Waals surface area contributed by atoms with Crippen molar-refractivity contribution in [3.05, 3.63) is 46.9 Å². The first-order valence-corrected chi connectivity index (χ1v) is 10.1. The molecule has 0 aliphatic rings. The molecule has 0 spiro atoms. The molecule has 1 N–H and O–H groups in total. The molecule has 28 heavy (non-hydrogen) atoms. The maximum absolute atomic E-state index is 13.3. The number of fused-ring (bicyclic) bond motifs is 1. The summed E-state index contributed by atoms with van der Waals surface area (Å²) in [6.07, 6.45) is 0. The number of methoxy groups -OCH3 is 2. The van der Waals surface area contributed by atoms with E-state index in [0.29, 0.717) is 20.6 Å². The third-order valence-corrected chi connectivity index (χ3v) is 5.99. The SMILES string of the molecule is COc1c(OC)c(OC(C)=O)c2c(S(=O)c3ccc(Br)cc3)cccc2c1O. The zero-order valence-corrected chi connectivity index (χ0v) is 17.7. The van der Waals surface area contributed by atoms with Crippen LogP contribution >= 0.6 is 15.9 Å². The molecule has 0 fully saturated rings. The number of benzene rings is 3. The monoisotopic (exact) mass is 464 g/mol. The smallest absolute Gasteiger partial charge is 0.308 e. The molecule has 0 aromatic heterocycles. The predicted octanol–water partition coefficient (Wildman–Crippen LogP) is 4.42. The van der Waals surface area contributed by atoms with E-state index >= 15 is 0 Å². The Morgan fingerprint density at radius 2 is 1.64 bits per heavy atom. The van der Waals surface area contributed by atoms with Crippen LogP contribution in [-0.4, -0.2) is 29.5 Å². The summed E-state index contributed by atoms with van der Waals surface area (Å²) in [6.45, 7) is 1.25. The van der Waals surface area contributed by atoms with Crippen molar-refractivity contribution in [3.8, 4) is 23.0 Å². The molecule has 0 bridgehead atoms. The maximum Gasteiger partial charge on any atom is 0.308 e. The van der Waals surface area contributed by atoms with Gasteiger partial charge in [0.2, 0.25) is 11.5 Å². The molecule has 0 saturated carbocycles. The van der Waals surface area contributed by atoms with Crippen molar-refractivity contribution in [2.75, 3.05) is 14.2 Å². The Balaban J connectivity index is 2.38. The van der Waals surface area contributed by atoms with Gasteiger partial charge in [-0.3, -0.25) is 4.79 Å². The molecule has 3 aromatic rings. The van der Waals surface area contributed by atoms with Gasteiger partial charge in [0.25, 0.3) is 0 Å². The Morgan fingerprint density at radius 3 is 2.21 bits per heavy atom. The number of carbonyl (C=O) groups is 1. The van der Waals surface area contributed by atoms with Crippen LogP contribution in [0.15, 0.2) is 56.7 Å². The van der Waals surface area contributed by atoms with E-state index in [0.717, 1.165) is 4.47 Å². The molecule has 146 valence electrons. The van der Waals surface area contributed by atoms with Crippen LogP contribution in [0.2, 0.25) is 0 Å². The van der Waals surface area contributed by atoms with Gasteiger partial charge in [-0.25, -0.2) is 4.21 Å². The average molecular weight is 465 g/mol. The van der Waals surface area contributed by atoms with Crippen molar-refractivity contribution in [1.82, 2.24) is 0 Å². The largest absolute Gasteiger partial charge is 0.504 e. The second kappa shape index (κ2) is 8.20. The highest BCUT2D eigenvalue weighted by atomic mass is 79.9. The standard InChI is InChI=1S/C20H17BrO6S/c1-11(22)27-18-16-14(17(23)19(25-2)20(18)26-3)5-4-6-15(16)28(24)13-9-7-12(21)8-10-13/h4-10,23H,1-3H3. The van der Waals surface area contributed by atoms with Crippen molar-refractivity contribution < 1.29 is 28.3 Å². The van der Waals surface area contributed by atoms with E-state index in [1.165, 1.54) is 21.1 Å². The third kappa shape index (κ3) is 3.57. The molecule has 1 atom stereocenters. The lowest BCUT2D eigenvalue weighted by Gasteiger charge is -2.18. The van der Waals surface area contributed by atoms with Crippen LogP contribution in [-0.2, 0) is 15.6 Å². The summed E-state index contributed by atoms with van der Waals surface area (Å²) < 4.78 is 30.1. The number of rotatable bonds is 5. The first-order chi connectivity index (χ1) is 13.4. The van der Waals surface area contributed by atoms with Crippen LogP contribution in [0, 0.1) is 0 Å². The Hall–Kier alpha value is -2.58. The lowest BCUT2D eigenvalue weighted by atomic mass is 10.1. The molecular formula is C20H17BrO6S. The quantitative estimate of drug-likeness (QED) is 0.444. The van der Waals surface area contributed by atoms with E-state index in [4.69, 9.17) is 14.2 Å². The highest BCUT2D eigenvalue weighted by Gasteiger charge is 2.27. The summed E-state index contributed by atoms with van der Waals surface area (Å²) in [5, 5.41) is 11.3. The molecule has 0 amide bonds. The Bertz CT molecular complexity index is 1080. The van der Waals surface area contributed by atoms with Crippen molar-refractivity contribution in [3.63, 3.8) is 0 Å². The molecule has 1 unspecified atom stereocenters. The van der Waals surface area contributed by atoms with Gasteiger partial charge in [0.15, 0.2) is 11.5 Å². The number of hydrogen-bond acceptors (Lipinski definition) is 6. The lowest BCUT2D eigenvalue weighted by Crippen LogP contribution is -2.06. The highest BCUT2D eigenvalue weighted by molar-refractivity contribution is 9.10. The van der Waals surface area contributed by atoms with Gasteiger partial charge < -0.3 is 19.3 Å². The van der Waals surface area contributed by atoms with E-state index < -0.39 is 16.8 Å². The molecule has 8 heteroatoms. The number of hydrogen-bond donors (Lipinski definition) is 1. The van der Waals surface area contributed by atoms with Crippen LogP contribution in [0.25, 0.3) is 10.8 Å². The third-order valence-electron chi connectivity index (χ3n) is 4.02. The molecule has 0 aliphatic heterocycles. The fourth-order valence-corrected chi connectivity index (χ4v) is 4.36. The van der Waals surface area contributed by atoms with Crippen molar-refractivity contribution in [2.24, 2.45) is 0 Å². The number of aromatic hydroxyl groups is 1. The van der Waals surface area contributed by atoms with Crippen molar-refractivity contribution in [1.29, 1.82) is 0 Å². The number of ether oxygens (including phenoxy) is 3. The summed E-state index contributed by atoms with van der Waals surface area (Å²) in [5.74, 6) is -0.669. The van der Waals surface area contributed by atoms with Crippen LogP contribution in [0.1, 0.15) is 6.92 Å². The average Bonchev–Trinajstić information content (AvgIpc) is 2.69. The van der Waals surface area contributed by atoms with E-state index in [-0.39, 0.29) is 23.0 Å². The Kier molecular flexibility index (Phi) is 5.90. The second-order valence-corrected chi connectivity index (χ2v) is 8.10. The molecule has 0 aliphatic carbocycles. The number of carbonyl (C=O) groups excluding carboxylic acids is 1. The van der Waals surface area contributed by atoms with E-state index in [9.17, 15) is 14.1 Å². The van der Waals surface area contributed by atoms with Gasteiger partial charge in [-0.2, -0.15) is 0 Å². The first-order valence-electron chi connectivity index (χ1n) is 8.14. The lowest BCUT2D eigenvalue weighted by molar-refractivity contribution is -0.131. The predicted molar refractivity (Wildman–Crippen MR) is 109 cm³/mol. The van der Waals surface area contributed by atoms with Crippen LogP contribution in [0.3, 0.4) is 0 Å². The highest BCUT2D eigenvalue weighted by Crippen LogP contribution is 2.52. The van der Waals surface area contributed by atoms with Crippen LogP contribution in [0.4, 0.5) is 0 Å². The second-order valence-electron chi connectivity index (χ2n) is 5.74. The van der Waals surface area contributed by atoms with Gasteiger partial charge >= 0.3 is 5.97 Å². The zero-order valence-electron chi connectivity index (χ0n) is 15.3. The molecule has 6 nitrogen and oxygen atoms in total. The number of phenols is 1. The Morgan fingerprint density at radius 1 is 1.00 bits per heavy atom. The van der Waals surface area contributed by atoms with Gasteiger partial charge in [-0.1, -0.05) is 28.1 Å². The minimum atomic E-state index is -1.60. The minimum absolute atomic E-state index is 0.0258. The summed E-state index contributed by atoms with van der Waals surface area (Å²) in [5.41, 5.74) is 0. The van der Waals surface area contributed by atoms with Gasteiger partial charge in [0, 0.05) is 27.1 Å².